The molecule has 4 rings (SSSR count). The predicted octanol–water partition coefficient (Wildman–Crippen LogP) is 4.06. The summed E-state index contributed by atoms with van der Waals surface area (Å²) in [6, 6.07) is 17.0. The van der Waals surface area contributed by atoms with Crippen LogP contribution in [0.3, 0.4) is 0 Å². The zero-order valence-corrected chi connectivity index (χ0v) is 17.1. The second-order valence-corrected chi connectivity index (χ2v) is 7.04. The number of nitrogen functional groups attached to an aromatic ring is 1. The normalized spacial score (nSPS) is 11.1. The quantitative estimate of drug-likeness (QED) is 0.459. The third-order valence-corrected chi connectivity index (χ3v) is 4.67. The van der Waals surface area contributed by atoms with E-state index in [9.17, 15) is 4.79 Å². The van der Waals surface area contributed by atoms with Gasteiger partial charge in [-0.2, -0.15) is 0 Å². The number of fused-ring (bicyclic) bond motifs is 1. The highest BCUT2D eigenvalue weighted by Crippen LogP contribution is 2.22. The van der Waals surface area contributed by atoms with Crippen molar-refractivity contribution in [1.82, 2.24) is 14.9 Å². The number of rotatable bonds is 7. The summed E-state index contributed by atoms with van der Waals surface area (Å²) in [6.45, 7) is 0.648. The fourth-order valence-electron chi connectivity index (χ4n) is 3.03. The lowest BCUT2D eigenvalue weighted by Gasteiger charge is -2.13. The third-order valence-electron chi connectivity index (χ3n) is 4.67. The van der Waals surface area contributed by atoms with Crippen molar-refractivity contribution >= 4 is 28.8 Å². The van der Waals surface area contributed by atoms with Crippen LogP contribution < -0.4 is 10.5 Å². The molecular weight excluding hydrogens is 392 g/mol. The summed E-state index contributed by atoms with van der Waals surface area (Å²) in [6.07, 6.45) is 6.45. The molecule has 0 aliphatic carbocycles. The minimum atomic E-state index is -0.159. The zero-order valence-electron chi connectivity index (χ0n) is 17.1. The number of furan rings is 1. The van der Waals surface area contributed by atoms with Crippen molar-refractivity contribution in [1.29, 1.82) is 0 Å². The van der Waals surface area contributed by atoms with Crippen molar-refractivity contribution in [3.05, 3.63) is 90.1 Å². The van der Waals surface area contributed by atoms with E-state index in [1.165, 1.54) is 6.08 Å². The number of ether oxygens (including phenoxy) is 1. The van der Waals surface area contributed by atoms with E-state index in [0.29, 0.717) is 17.9 Å². The number of benzene rings is 1. The van der Waals surface area contributed by atoms with Crippen molar-refractivity contribution in [3.8, 4) is 5.75 Å². The second-order valence-electron chi connectivity index (χ2n) is 7.04. The standard InChI is InChI=1S/C24H22N4O3/c1-28(15-20-13-18-6-2-3-8-21(18)31-20)23(29)10-9-17-12-22(24(25)27-14-17)30-16-19-7-4-5-11-26-19/h2-14H,15-16H2,1H3,(H2,25,27). The van der Waals surface area contributed by atoms with Gasteiger partial charge in [-0.05, 0) is 42.0 Å². The number of pyridine rings is 2. The molecule has 0 spiro atoms. The molecule has 0 fully saturated rings. The maximum atomic E-state index is 12.5. The maximum absolute atomic E-state index is 12.5. The van der Waals surface area contributed by atoms with Gasteiger partial charge in [-0.15, -0.1) is 0 Å². The molecule has 0 atom stereocenters. The van der Waals surface area contributed by atoms with Gasteiger partial charge in [0.25, 0.3) is 0 Å². The van der Waals surface area contributed by atoms with Crippen molar-refractivity contribution in [3.63, 3.8) is 0 Å². The monoisotopic (exact) mass is 414 g/mol. The number of para-hydroxylation sites is 1. The fraction of sp³-hybridized carbons (Fsp3) is 0.125. The molecule has 4 aromatic rings. The summed E-state index contributed by atoms with van der Waals surface area (Å²) < 4.78 is 11.5. The van der Waals surface area contributed by atoms with Gasteiger partial charge in [0.05, 0.1) is 12.2 Å². The second kappa shape index (κ2) is 9.13. The molecule has 0 radical (unpaired) electrons. The van der Waals surface area contributed by atoms with Crippen molar-refractivity contribution in [2.24, 2.45) is 0 Å². The lowest BCUT2D eigenvalue weighted by atomic mass is 10.2. The number of carbonyl (C=O) groups excluding carboxylic acids is 1. The van der Waals surface area contributed by atoms with Gasteiger partial charge in [-0.25, -0.2) is 4.98 Å². The van der Waals surface area contributed by atoms with Crippen LogP contribution in [0, 0.1) is 0 Å². The summed E-state index contributed by atoms with van der Waals surface area (Å²) in [4.78, 5) is 22.5. The maximum Gasteiger partial charge on any atom is 0.246 e. The van der Waals surface area contributed by atoms with Crippen molar-refractivity contribution < 1.29 is 13.9 Å². The number of likely N-dealkylation sites (N-methyl/N-ethyl adjacent to an activating group) is 1. The molecule has 0 saturated carbocycles. The van der Waals surface area contributed by atoms with Gasteiger partial charge in [0.1, 0.15) is 18.0 Å². The summed E-state index contributed by atoms with van der Waals surface area (Å²) in [7, 11) is 1.72. The van der Waals surface area contributed by atoms with Gasteiger partial charge in [-0.1, -0.05) is 24.3 Å². The Morgan fingerprint density at radius 2 is 2.00 bits per heavy atom. The van der Waals surface area contributed by atoms with Crippen LogP contribution in [0.25, 0.3) is 17.0 Å². The van der Waals surface area contributed by atoms with Gasteiger partial charge in [0.2, 0.25) is 5.91 Å². The number of amides is 1. The van der Waals surface area contributed by atoms with E-state index in [4.69, 9.17) is 14.9 Å². The predicted molar refractivity (Wildman–Crippen MR) is 119 cm³/mol. The molecule has 1 amide bonds. The molecule has 0 aliphatic heterocycles. The highest BCUT2D eigenvalue weighted by Gasteiger charge is 2.10. The van der Waals surface area contributed by atoms with E-state index in [1.807, 2.05) is 48.5 Å². The van der Waals surface area contributed by atoms with Crippen LogP contribution in [0.2, 0.25) is 0 Å². The number of nitrogens with two attached hydrogens (primary N) is 1. The number of hydrogen-bond acceptors (Lipinski definition) is 6. The first kappa shape index (κ1) is 20.2. The third kappa shape index (κ3) is 5.08. The Kier molecular flexibility index (Phi) is 5.93. The van der Waals surface area contributed by atoms with Gasteiger partial charge in [-0.3, -0.25) is 9.78 Å². The SMILES string of the molecule is CN(Cc1cc2ccccc2o1)C(=O)C=Cc1cnc(N)c(OCc2ccccn2)c1. The molecule has 0 bridgehead atoms. The Morgan fingerprint density at radius 3 is 2.81 bits per heavy atom. The minimum absolute atomic E-state index is 0.159. The topological polar surface area (TPSA) is 94.5 Å². The van der Waals surface area contributed by atoms with E-state index >= 15 is 0 Å². The van der Waals surface area contributed by atoms with Gasteiger partial charge in [0.15, 0.2) is 11.6 Å². The van der Waals surface area contributed by atoms with Gasteiger partial charge < -0.3 is 19.8 Å². The minimum Gasteiger partial charge on any atom is -0.483 e. The number of anilines is 1. The van der Waals surface area contributed by atoms with Crippen LogP contribution in [0.4, 0.5) is 5.82 Å². The number of aromatic nitrogens is 2. The van der Waals surface area contributed by atoms with Crippen LogP contribution in [0.15, 0.2) is 77.5 Å². The molecule has 7 nitrogen and oxygen atoms in total. The smallest absolute Gasteiger partial charge is 0.246 e. The summed E-state index contributed by atoms with van der Waals surface area (Å²) in [5, 5.41) is 1.01. The Bertz CT molecular complexity index is 1180. The van der Waals surface area contributed by atoms with Crippen LogP contribution in [-0.2, 0) is 17.9 Å². The van der Waals surface area contributed by atoms with Crippen molar-refractivity contribution in [2.75, 3.05) is 12.8 Å². The van der Waals surface area contributed by atoms with Gasteiger partial charge >= 0.3 is 0 Å². The van der Waals surface area contributed by atoms with Crippen LogP contribution in [0.5, 0.6) is 5.75 Å². The van der Waals surface area contributed by atoms with E-state index in [-0.39, 0.29) is 18.3 Å². The molecule has 2 N–H and O–H groups in total. The number of hydrogen-bond donors (Lipinski definition) is 1. The summed E-state index contributed by atoms with van der Waals surface area (Å²) >= 11 is 0. The lowest BCUT2D eigenvalue weighted by molar-refractivity contribution is -0.125. The number of nitrogens with zero attached hydrogens (tertiary/aromatic N) is 3. The lowest BCUT2D eigenvalue weighted by Crippen LogP contribution is -2.23. The van der Waals surface area contributed by atoms with E-state index < -0.39 is 0 Å². The van der Waals surface area contributed by atoms with Crippen LogP contribution in [0.1, 0.15) is 17.0 Å². The Hall–Kier alpha value is -4.13. The molecule has 3 aromatic heterocycles. The summed E-state index contributed by atoms with van der Waals surface area (Å²) in [5.41, 5.74) is 8.20. The van der Waals surface area contributed by atoms with Crippen LogP contribution >= 0.6 is 0 Å². The largest absolute Gasteiger partial charge is 0.483 e. The Balaban J connectivity index is 1.39. The van der Waals surface area contributed by atoms with E-state index in [0.717, 1.165) is 22.4 Å². The highest BCUT2D eigenvalue weighted by atomic mass is 16.5. The number of carbonyl (C=O) groups is 1. The van der Waals surface area contributed by atoms with Crippen molar-refractivity contribution in [2.45, 2.75) is 13.2 Å². The Morgan fingerprint density at radius 1 is 1.16 bits per heavy atom. The molecule has 1 aromatic carbocycles. The molecule has 3 heterocycles. The molecule has 156 valence electrons. The van der Waals surface area contributed by atoms with Gasteiger partial charge in [0, 0.05) is 30.9 Å². The molecule has 0 aliphatic rings. The molecule has 0 unspecified atom stereocenters. The first-order valence-corrected chi connectivity index (χ1v) is 9.77. The first-order chi connectivity index (χ1) is 15.1. The van der Waals surface area contributed by atoms with E-state index in [1.54, 1.807) is 36.5 Å². The fourth-order valence-corrected chi connectivity index (χ4v) is 3.03. The molecule has 7 heteroatoms. The average molecular weight is 414 g/mol. The highest BCUT2D eigenvalue weighted by molar-refractivity contribution is 5.91. The Labute approximate surface area is 179 Å². The van der Waals surface area contributed by atoms with E-state index in [2.05, 4.69) is 9.97 Å². The first-order valence-electron chi connectivity index (χ1n) is 9.77. The summed E-state index contributed by atoms with van der Waals surface area (Å²) in [5.74, 6) is 1.29. The zero-order chi connectivity index (χ0) is 21.6. The molecular formula is C24H22N4O3. The molecule has 0 saturated heterocycles. The molecule has 31 heavy (non-hydrogen) atoms. The average Bonchev–Trinajstić information content (AvgIpc) is 3.20. The van der Waals surface area contributed by atoms with Crippen LogP contribution in [-0.4, -0.2) is 27.8 Å².